The van der Waals surface area contributed by atoms with E-state index in [2.05, 4.69) is 22.4 Å². The molecule has 0 aromatic rings. The molecule has 5 heteroatoms. The van der Waals surface area contributed by atoms with E-state index >= 15 is 0 Å². The predicted octanol–water partition coefficient (Wildman–Crippen LogP) is 7.48. The second-order valence-electron chi connectivity index (χ2n) is 9.54. The first-order chi connectivity index (χ1) is 14.5. The molecule has 0 heterocycles. The van der Waals surface area contributed by atoms with Gasteiger partial charge in [-0.1, -0.05) is 26.2 Å². The van der Waals surface area contributed by atoms with E-state index in [1.165, 1.54) is 96.1 Å². The van der Waals surface area contributed by atoms with E-state index < -0.39 is 5.31 Å². The zero-order chi connectivity index (χ0) is 22.4. The molecule has 0 bridgehead atoms. The monoisotopic (exact) mass is 512 g/mol. The van der Waals surface area contributed by atoms with Gasteiger partial charge in [-0.05, 0) is 0 Å². The fourth-order valence-electron chi connectivity index (χ4n) is 4.77. The van der Waals surface area contributed by atoms with Crippen molar-refractivity contribution in [2.45, 2.75) is 116 Å². The number of halogens is 1. The van der Waals surface area contributed by atoms with Gasteiger partial charge in [0.2, 0.25) is 0 Å². The van der Waals surface area contributed by atoms with Gasteiger partial charge in [-0.15, -0.1) is 0 Å². The Labute approximate surface area is 196 Å². The molecule has 0 aliphatic heterocycles. The van der Waals surface area contributed by atoms with Crippen molar-refractivity contribution in [3.05, 3.63) is 0 Å². The molecule has 0 atom stereocenters. The molecular weight excluding hydrogens is 459 g/mol. The van der Waals surface area contributed by atoms with E-state index in [0.717, 1.165) is 37.7 Å². The molecule has 0 saturated carbocycles. The molecule has 0 saturated heterocycles. The third kappa shape index (κ3) is 16.4. The maximum absolute atomic E-state index is 9.39. The number of rotatable bonds is 24. The van der Waals surface area contributed by atoms with Crippen LogP contribution in [0.4, 0.5) is 0 Å². The van der Waals surface area contributed by atoms with Crippen molar-refractivity contribution in [1.29, 1.82) is 0 Å². The summed E-state index contributed by atoms with van der Waals surface area (Å²) in [5, 5.41) is 26.1. The third-order valence-electron chi connectivity index (χ3n) is 6.70. The Kier molecular flexibility index (Phi) is 20.9. The number of hydrogen-bond acceptors (Lipinski definition) is 3. The van der Waals surface area contributed by atoms with Crippen molar-refractivity contribution in [2.75, 3.05) is 44.5 Å². The fraction of sp³-hybridized carbons (Fsp3) is 1.00. The molecule has 184 valence electrons. The first-order valence-corrected chi connectivity index (χ1v) is 18.1. The molecular formula is C25H54BrO3P. The molecule has 0 unspecified atom stereocenters. The molecule has 0 aliphatic carbocycles. The van der Waals surface area contributed by atoms with Crippen molar-refractivity contribution in [3.8, 4) is 0 Å². The van der Waals surface area contributed by atoms with Crippen LogP contribution in [0.1, 0.15) is 116 Å². The standard InChI is InChI=1S/C25H54BrO3P/c1-2-3-4-5-6-7-8-9-10-11-12-13-14-15-22-30(26,23-16-19-27,24-17-20-28)25-18-21-29/h27-29H,2-25H2,1H3. The molecule has 0 amide bonds. The van der Waals surface area contributed by atoms with Gasteiger partial charge in [0.05, 0.1) is 0 Å². The van der Waals surface area contributed by atoms with Crippen LogP contribution in [-0.2, 0) is 0 Å². The van der Waals surface area contributed by atoms with Crippen molar-refractivity contribution >= 4 is 20.8 Å². The topological polar surface area (TPSA) is 60.7 Å². The minimum absolute atomic E-state index is 0.237. The molecule has 30 heavy (non-hydrogen) atoms. The summed E-state index contributed by atoms with van der Waals surface area (Å²) < 4.78 is 0. The maximum atomic E-state index is 9.39. The Morgan fingerprint density at radius 3 is 1.00 bits per heavy atom. The normalized spacial score (nSPS) is 13.4. The Morgan fingerprint density at radius 1 is 0.433 bits per heavy atom. The van der Waals surface area contributed by atoms with Crippen molar-refractivity contribution in [3.63, 3.8) is 0 Å². The van der Waals surface area contributed by atoms with Crippen LogP contribution in [0.25, 0.3) is 0 Å². The van der Waals surface area contributed by atoms with Gasteiger partial charge in [-0.3, -0.25) is 0 Å². The van der Waals surface area contributed by atoms with Crippen LogP contribution in [0, 0.1) is 0 Å². The Bertz CT molecular complexity index is 344. The average Bonchev–Trinajstić information content (AvgIpc) is 2.76. The summed E-state index contributed by atoms with van der Waals surface area (Å²) in [7, 11) is 0. The molecule has 0 radical (unpaired) electrons. The van der Waals surface area contributed by atoms with E-state index in [0.29, 0.717) is 0 Å². The van der Waals surface area contributed by atoms with Gasteiger partial charge in [-0.2, -0.15) is 0 Å². The quantitative estimate of drug-likeness (QED) is 0.0926. The van der Waals surface area contributed by atoms with Gasteiger partial charge >= 0.3 is 170 Å². The number of unbranched alkanes of at least 4 members (excludes halogenated alkanes) is 13. The summed E-state index contributed by atoms with van der Waals surface area (Å²) >= 11 is 4.23. The zero-order valence-corrected chi connectivity index (χ0v) is 22.6. The van der Waals surface area contributed by atoms with Crippen molar-refractivity contribution in [1.82, 2.24) is 0 Å². The Morgan fingerprint density at radius 2 is 0.700 bits per heavy atom. The van der Waals surface area contributed by atoms with Gasteiger partial charge in [0, 0.05) is 0 Å². The molecule has 3 N–H and O–H groups in total. The summed E-state index contributed by atoms with van der Waals surface area (Å²) in [6, 6.07) is 0. The summed E-state index contributed by atoms with van der Waals surface area (Å²) in [5.41, 5.74) is 0. The number of hydrogen-bond donors (Lipinski definition) is 3. The van der Waals surface area contributed by atoms with Crippen LogP contribution in [0.5, 0.6) is 0 Å². The third-order valence-corrected chi connectivity index (χ3v) is 16.7. The van der Waals surface area contributed by atoms with Crippen LogP contribution in [0.3, 0.4) is 0 Å². The molecule has 0 aromatic carbocycles. The summed E-state index contributed by atoms with van der Waals surface area (Å²) in [4.78, 5) is 0. The first kappa shape index (κ1) is 30.8. The second kappa shape index (κ2) is 20.4. The second-order valence-corrected chi connectivity index (χ2v) is 21.0. The summed E-state index contributed by atoms with van der Waals surface area (Å²) in [6.07, 6.45) is 26.1. The van der Waals surface area contributed by atoms with Gasteiger partial charge in [-0.25, -0.2) is 0 Å². The zero-order valence-electron chi connectivity index (χ0n) is 20.1. The number of aliphatic hydroxyl groups excluding tert-OH is 3. The van der Waals surface area contributed by atoms with E-state index in [-0.39, 0.29) is 19.8 Å². The predicted molar refractivity (Wildman–Crippen MR) is 141 cm³/mol. The minimum atomic E-state index is -2.12. The Hall–Kier alpha value is 0.790. The molecule has 3 nitrogen and oxygen atoms in total. The SMILES string of the molecule is CCCCCCCCCCCCCCCCP(Br)(CCCO)(CCCO)CCCO. The molecule has 0 rings (SSSR count). The van der Waals surface area contributed by atoms with Crippen molar-refractivity contribution in [2.24, 2.45) is 0 Å². The van der Waals surface area contributed by atoms with Gasteiger partial charge in [0.1, 0.15) is 0 Å². The molecule has 0 spiro atoms. The van der Waals surface area contributed by atoms with Crippen LogP contribution < -0.4 is 0 Å². The molecule has 0 fully saturated rings. The van der Waals surface area contributed by atoms with Crippen LogP contribution in [0.15, 0.2) is 0 Å². The van der Waals surface area contributed by atoms with E-state index in [1.54, 1.807) is 0 Å². The Balaban J connectivity index is 3.99. The van der Waals surface area contributed by atoms with E-state index in [4.69, 9.17) is 0 Å². The van der Waals surface area contributed by atoms with E-state index in [1.807, 2.05) is 0 Å². The molecule has 0 aromatic heterocycles. The molecule has 0 aliphatic rings. The first-order valence-electron chi connectivity index (χ1n) is 13.1. The van der Waals surface area contributed by atoms with Crippen LogP contribution >= 0.6 is 20.8 Å². The number of aliphatic hydroxyl groups is 3. The van der Waals surface area contributed by atoms with Gasteiger partial charge in [0.15, 0.2) is 0 Å². The average molecular weight is 514 g/mol. The van der Waals surface area contributed by atoms with Crippen LogP contribution in [0.2, 0.25) is 0 Å². The van der Waals surface area contributed by atoms with E-state index in [9.17, 15) is 15.3 Å². The van der Waals surface area contributed by atoms with Gasteiger partial charge in [0.25, 0.3) is 0 Å². The fourth-order valence-corrected chi connectivity index (χ4v) is 12.9. The summed E-state index contributed by atoms with van der Waals surface area (Å²) in [6.45, 7) is 2.99. The van der Waals surface area contributed by atoms with Gasteiger partial charge < -0.3 is 0 Å². The summed E-state index contributed by atoms with van der Waals surface area (Å²) in [5.74, 6) is 0. The van der Waals surface area contributed by atoms with Crippen molar-refractivity contribution < 1.29 is 15.3 Å². The van der Waals surface area contributed by atoms with Crippen LogP contribution in [-0.4, -0.2) is 59.8 Å².